The molecule has 2 aliphatic heterocycles. The number of benzene rings is 2. The van der Waals surface area contributed by atoms with E-state index in [0.29, 0.717) is 11.5 Å². The molecule has 152 valence electrons. The zero-order valence-corrected chi connectivity index (χ0v) is 17.2. The number of carbonyl (C=O) groups excluding carboxylic acids is 2. The number of hydrogen-bond acceptors (Lipinski definition) is 4. The predicted octanol–water partition coefficient (Wildman–Crippen LogP) is 3.72. The van der Waals surface area contributed by atoms with Gasteiger partial charge in [-0.2, -0.15) is 0 Å². The molecule has 2 aromatic rings. The van der Waals surface area contributed by atoms with Crippen molar-refractivity contribution in [1.29, 1.82) is 0 Å². The highest BCUT2D eigenvalue weighted by molar-refractivity contribution is 6.33. The molecule has 2 saturated heterocycles. The van der Waals surface area contributed by atoms with Crippen LogP contribution in [0.2, 0.25) is 5.02 Å². The monoisotopic (exact) mass is 411 g/mol. The summed E-state index contributed by atoms with van der Waals surface area (Å²) in [5, 5.41) is 0.765. The highest BCUT2D eigenvalue weighted by Gasteiger charge is 2.30. The minimum absolute atomic E-state index is 0.104. The summed E-state index contributed by atoms with van der Waals surface area (Å²) < 4.78 is 0. The van der Waals surface area contributed by atoms with Crippen molar-refractivity contribution < 1.29 is 9.59 Å². The Labute approximate surface area is 176 Å². The predicted molar refractivity (Wildman–Crippen MR) is 117 cm³/mol. The summed E-state index contributed by atoms with van der Waals surface area (Å²) >= 11 is 6.32. The normalized spacial score (nSPS) is 18.0. The van der Waals surface area contributed by atoms with Crippen LogP contribution in [0.25, 0.3) is 0 Å². The van der Waals surface area contributed by atoms with E-state index in [-0.39, 0.29) is 5.92 Å². The summed E-state index contributed by atoms with van der Waals surface area (Å²) in [6, 6.07) is 15.6. The molecule has 1 amide bonds. The molecule has 5 nitrogen and oxygen atoms in total. The van der Waals surface area contributed by atoms with E-state index in [0.717, 1.165) is 74.8 Å². The van der Waals surface area contributed by atoms with E-state index in [1.807, 2.05) is 53.4 Å². The Balaban J connectivity index is 1.29. The third-order valence-corrected chi connectivity index (χ3v) is 6.34. The fourth-order valence-corrected chi connectivity index (χ4v) is 4.54. The van der Waals surface area contributed by atoms with Crippen LogP contribution in [0.15, 0.2) is 48.5 Å². The second-order valence-corrected chi connectivity index (χ2v) is 8.14. The van der Waals surface area contributed by atoms with Crippen molar-refractivity contribution in [2.24, 2.45) is 5.92 Å². The highest BCUT2D eigenvalue weighted by atomic mass is 35.5. The van der Waals surface area contributed by atoms with Gasteiger partial charge in [0, 0.05) is 56.4 Å². The maximum absolute atomic E-state index is 13.0. The Morgan fingerprint density at radius 1 is 0.862 bits per heavy atom. The summed E-state index contributed by atoms with van der Waals surface area (Å²) in [5.74, 6) is 0.395. The molecule has 0 atom stereocenters. The van der Waals surface area contributed by atoms with Gasteiger partial charge in [0.2, 0.25) is 5.91 Å². The van der Waals surface area contributed by atoms with Gasteiger partial charge in [-0.1, -0.05) is 23.7 Å². The number of nitrogens with zero attached hydrogens (tertiary/aromatic N) is 3. The van der Waals surface area contributed by atoms with Crippen LogP contribution >= 0.6 is 11.6 Å². The average Bonchev–Trinajstić information content (AvgIpc) is 2.79. The van der Waals surface area contributed by atoms with E-state index in [9.17, 15) is 9.59 Å². The zero-order chi connectivity index (χ0) is 20.2. The van der Waals surface area contributed by atoms with E-state index >= 15 is 0 Å². The number of rotatable bonds is 4. The topological polar surface area (TPSA) is 43.9 Å². The van der Waals surface area contributed by atoms with E-state index in [1.165, 1.54) is 0 Å². The van der Waals surface area contributed by atoms with Crippen LogP contribution < -0.4 is 9.80 Å². The molecule has 4 rings (SSSR count). The first-order chi connectivity index (χ1) is 14.2. The van der Waals surface area contributed by atoms with Gasteiger partial charge in [0.15, 0.2) is 0 Å². The maximum Gasteiger partial charge on any atom is 0.225 e. The third-order valence-electron chi connectivity index (χ3n) is 6.02. The lowest BCUT2D eigenvalue weighted by atomic mass is 9.94. The molecule has 0 N–H and O–H groups in total. The summed E-state index contributed by atoms with van der Waals surface area (Å²) in [6.45, 7) is 4.87. The molecule has 2 fully saturated rings. The van der Waals surface area contributed by atoms with Crippen molar-refractivity contribution in [3.05, 3.63) is 59.1 Å². The first kappa shape index (κ1) is 19.8. The number of aldehydes is 1. The van der Waals surface area contributed by atoms with Crippen molar-refractivity contribution in [2.45, 2.75) is 12.8 Å². The molecule has 0 aliphatic carbocycles. The van der Waals surface area contributed by atoms with Gasteiger partial charge in [-0.05, 0) is 49.2 Å². The standard InChI is InChI=1S/C23H26ClN3O2/c24-21-3-1-2-4-22(21)26-13-15-27(16-14-26)23(29)19-9-11-25(12-10-19)20-7-5-18(17-28)6-8-20/h1-8,17,19H,9-16H2. The van der Waals surface area contributed by atoms with E-state index < -0.39 is 0 Å². The van der Waals surface area contributed by atoms with Gasteiger partial charge in [-0.15, -0.1) is 0 Å². The number of amides is 1. The number of halogens is 1. The van der Waals surface area contributed by atoms with Crippen molar-refractivity contribution in [3.63, 3.8) is 0 Å². The average molecular weight is 412 g/mol. The van der Waals surface area contributed by atoms with Gasteiger partial charge >= 0.3 is 0 Å². The lowest BCUT2D eigenvalue weighted by molar-refractivity contribution is -0.136. The van der Waals surface area contributed by atoms with E-state index in [1.54, 1.807) is 0 Å². The van der Waals surface area contributed by atoms with Crippen LogP contribution in [-0.2, 0) is 4.79 Å². The van der Waals surface area contributed by atoms with Crippen molar-refractivity contribution >= 4 is 35.2 Å². The van der Waals surface area contributed by atoms with Gasteiger partial charge in [-0.3, -0.25) is 9.59 Å². The molecule has 0 radical (unpaired) electrons. The molecule has 0 saturated carbocycles. The van der Waals surface area contributed by atoms with Gasteiger partial charge in [0.25, 0.3) is 0 Å². The summed E-state index contributed by atoms with van der Waals surface area (Å²) in [4.78, 5) is 30.4. The molecule has 0 bridgehead atoms. The molecule has 0 unspecified atom stereocenters. The largest absolute Gasteiger partial charge is 0.371 e. The lowest BCUT2D eigenvalue weighted by Crippen LogP contribution is -2.51. The summed E-state index contributed by atoms with van der Waals surface area (Å²) in [5.41, 5.74) is 2.86. The molecule has 0 aromatic heterocycles. The molecular formula is C23H26ClN3O2. The molecule has 2 heterocycles. The number of para-hydroxylation sites is 1. The van der Waals surface area contributed by atoms with Gasteiger partial charge in [-0.25, -0.2) is 0 Å². The van der Waals surface area contributed by atoms with Crippen LogP contribution in [0.4, 0.5) is 11.4 Å². The van der Waals surface area contributed by atoms with E-state index in [2.05, 4.69) is 9.80 Å². The maximum atomic E-state index is 13.0. The molecule has 29 heavy (non-hydrogen) atoms. The number of hydrogen-bond donors (Lipinski definition) is 0. The Morgan fingerprint density at radius 2 is 1.52 bits per heavy atom. The van der Waals surface area contributed by atoms with E-state index in [4.69, 9.17) is 11.6 Å². The summed E-state index contributed by atoms with van der Waals surface area (Å²) in [7, 11) is 0. The van der Waals surface area contributed by atoms with Crippen molar-refractivity contribution in [1.82, 2.24) is 4.90 Å². The second kappa shape index (κ2) is 8.87. The number of piperazine rings is 1. The van der Waals surface area contributed by atoms with Crippen LogP contribution in [0.5, 0.6) is 0 Å². The first-order valence-corrected chi connectivity index (χ1v) is 10.6. The number of anilines is 2. The molecule has 2 aromatic carbocycles. The minimum Gasteiger partial charge on any atom is -0.371 e. The Morgan fingerprint density at radius 3 is 2.14 bits per heavy atom. The third kappa shape index (κ3) is 4.40. The Bertz CT molecular complexity index is 855. The lowest BCUT2D eigenvalue weighted by Gasteiger charge is -2.40. The van der Waals surface area contributed by atoms with Crippen LogP contribution in [-0.4, -0.2) is 56.4 Å². The van der Waals surface area contributed by atoms with Crippen LogP contribution in [0, 0.1) is 5.92 Å². The molecule has 2 aliphatic rings. The minimum atomic E-state index is 0.104. The fraction of sp³-hybridized carbons (Fsp3) is 0.391. The zero-order valence-electron chi connectivity index (χ0n) is 16.5. The number of carbonyl (C=O) groups is 2. The number of piperidine rings is 1. The first-order valence-electron chi connectivity index (χ1n) is 10.2. The van der Waals surface area contributed by atoms with Gasteiger partial charge in [0.1, 0.15) is 6.29 Å². The van der Waals surface area contributed by atoms with Gasteiger partial charge < -0.3 is 14.7 Å². The van der Waals surface area contributed by atoms with Crippen molar-refractivity contribution in [3.8, 4) is 0 Å². The second-order valence-electron chi connectivity index (χ2n) is 7.73. The molecule has 6 heteroatoms. The Hall–Kier alpha value is -2.53. The highest BCUT2D eigenvalue weighted by Crippen LogP contribution is 2.28. The molecule has 0 spiro atoms. The fourth-order valence-electron chi connectivity index (χ4n) is 4.28. The smallest absolute Gasteiger partial charge is 0.225 e. The molecular weight excluding hydrogens is 386 g/mol. The summed E-state index contributed by atoms with van der Waals surface area (Å²) in [6.07, 6.45) is 2.61. The SMILES string of the molecule is O=Cc1ccc(N2CCC(C(=O)N3CCN(c4ccccc4Cl)CC3)CC2)cc1. The van der Waals surface area contributed by atoms with Crippen LogP contribution in [0.1, 0.15) is 23.2 Å². The quantitative estimate of drug-likeness (QED) is 0.719. The van der Waals surface area contributed by atoms with Gasteiger partial charge in [0.05, 0.1) is 10.7 Å². The Kier molecular flexibility index (Phi) is 6.05. The van der Waals surface area contributed by atoms with Crippen molar-refractivity contribution in [2.75, 3.05) is 49.1 Å². The van der Waals surface area contributed by atoms with Crippen LogP contribution in [0.3, 0.4) is 0 Å².